The number of carbonyl (C=O) groups is 3. The number of carbonyl (C=O) groups excluding carboxylic acids is 3. The Labute approximate surface area is 267 Å². The second-order valence-electron chi connectivity index (χ2n) is 13.0. The molecule has 2 N–H and O–H groups in total. The average molecular weight is 610 g/mol. The molecule has 3 aromatic rings. The standard InChI is InChI=1S/C38H47N3O4/c1-27(2)22-35(40-38(44)33-17-9-10-18-34(33)39-37(43)29-14-7-4-8-15-29)36(42)25-41-21-11-16-30-23-32(20-19-31(30)24-41)45-26-28-12-5-3-6-13-28/h3-8,12-15,19-20,23,27,33-35H,9-11,16-18,21-22,24-26H2,1-2H3,(H,39,43)(H,40,44)/t33-,34+,35?/m0/s1. The molecule has 7 heteroatoms. The monoisotopic (exact) mass is 609 g/mol. The third-order valence-electron chi connectivity index (χ3n) is 8.99. The highest BCUT2D eigenvalue weighted by Gasteiger charge is 2.35. The van der Waals surface area contributed by atoms with E-state index < -0.39 is 6.04 Å². The number of ether oxygens (including phenoxy) is 1. The summed E-state index contributed by atoms with van der Waals surface area (Å²) in [5.74, 6) is 0.519. The van der Waals surface area contributed by atoms with Gasteiger partial charge in [-0.25, -0.2) is 0 Å². The Morgan fingerprint density at radius 2 is 1.62 bits per heavy atom. The van der Waals surface area contributed by atoms with Crippen LogP contribution in [0.3, 0.4) is 0 Å². The van der Waals surface area contributed by atoms with Crippen molar-refractivity contribution >= 4 is 17.6 Å². The molecule has 3 aromatic carbocycles. The summed E-state index contributed by atoms with van der Waals surface area (Å²) in [5.41, 5.74) is 4.21. The van der Waals surface area contributed by atoms with Gasteiger partial charge in [-0.3, -0.25) is 19.3 Å². The molecule has 0 spiro atoms. The molecule has 7 nitrogen and oxygen atoms in total. The molecular weight excluding hydrogens is 562 g/mol. The summed E-state index contributed by atoms with van der Waals surface area (Å²) in [5, 5.41) is 6.25. The van der Waals surface area contributed by atoms with Crippen LogP contribution in [0.4, 0.5) is 0 Å². The van der Waals surface area contributed by atoms with Gasteiger partial charge in [-0.1, -0.05) is 81.3 Å². The fraction of sp³-hybridized carbons (Fsp3) is 0.447. The Morgan fingerprint density at radius 1 is 0.889 bits per heavy atom. The minimum absolute atomic E-state index is 0.0454. The number of nitrogens with one attached hydrogen (secondary N) is 2. The van der Waals surface area contributed by atoms with Crippen LogP contribution in [0.15, 0.2) is 78.9 Å². The fourth-order valence-corrected chi connectivity index (χ4v) is 6.58. The highest BCUT2D eigenvalue weighted by Crippen LogP contribution is 2.27. The molecule has 3 atom stereocenters. The highest BCUT2D eigenvalue weighted by molar-refractivity contribution is 5.95. The van der Waals surface area contributed by atoms with Crippen molar-refractivity contribution in [2.24, 2.45) is 11.8 Å². The van der Waals surface area contributed by atoms with Crippen molar-refractivity contribution in [3.8, 4) is 5.75 Å². The van der Waals surface area contributed by atoms with Crippen LogP contribution < -0.4 is 15.4 Å². The van der Waals surface area contributed by atoms with E-state index in [1.54, 1.807) is 12.1 Å². The lowest BCUT2D eigenvalue weighted by atomic mass is 9.83. The summed E-state index contributed by atoms with van der Waals surface area (Å²) < 4.78 is 6.07. The maximum atomic E-state index is 13.8. The Balaban J connectivity index is 1.19. The Morgan fingerprint density at radius 3 is 2.38 bits per heavy atom. The number of rotatable bonds is 12. The minimum Gasteiger partial charge on any atom is -0.489 e. The molecule has 1 fully saturated rings. The normalized spacial score (nSPS) is 19.2. The van der Waals surface area contributed by atoms with E-state index >= 15 is 0 Å². The molecule has 0 bridgehead atoms. The van der Waals surface area contributed by atoms with E-state index in [0.717, 1.165) is 50.0 Å². The van der Waals surface area contributed by atoms with Crippen LogP contribution in [-0.4, -0.2) is 47.7 Å². The van der Waals surface area contributed by atoms with Crippen molar-refractivity contribution in [1.29, 1.82) is 0 Å². The first-order valence-corrected chi connectivity index (χ1v) is 16.6. The maximum absolute atomic E-state index is 13.8. The van der Waals surface area contributed by atoms with Gasteiger partial charge >= 0.3 is 0 Å². The molecular formula is C38H47N3O4. The Bertz CT molecular complexity index is 1430. The summed E-state index contributed by atoms with van der Waals surface area (Å²) in [6, 6.07) is 24.8. The fourth-order valence-electron chi connectivity index (χ4n) is 6.58. The van der Waals surface area contributed by atoms with Crippen molar-refractivity contribution in [2.75, 3.05) is 13.1 Å². The Kier molecular flexibility index (Phi) is 11.4. The lowest BCUT2D eigenvalue weighted by Gasteiger charge is -2.33. The first kappa shape index (κ1) is 32.4. The molecule has 0 aromatic heterocycles. The number of Topliss-reactive ketones (excluding diaryl/α,β-unsaturated/α-hetero) is 1. The van der Waals surface area contributed by atoms with Crippen LogP contribution in [0.2, 0.25) is 0 Å². The van der Waals surface area contributed by atoms with E-state index in [1.807, 2.05) is 42.5 Å². The van der Waals surface area contributed by atoms with E-state index in [9.17, 15) is 14.4 Å². The zero-order chi connectivity index (χ0) is 31.6. The van der Waals surface area contributed by atoms with Crippen LogP contribution in [0.5, 0.6) is 5.75 Å². The zero-order valence-corrected chi connectivity index (χ0v) is 26.7. The molecule has 0 saturated heterocycles. The molecule has 2 amide bonds. The van der Waals surface area contributed by atoms with Gasteiger partial charge in [0.05, 0.1) is 18.5 Å². The molecule has 0 radical (unpaired) electrons. The molecule has 1 saturated carbocycles. The van der Waals surface area contributed by atoms with Crippen LogP contribution >= 0.6 is 0 Å². The molecule has 1 unspecified atom stereocenters. The van der Waals surface area contributed by atoms with E-state index in [0.29, 0.717) is 38.1 Å². The van der Waals surface area contributed by atoms with Crippen molar-refractivity contribution < 1.29 is 19.1 Å². The summed E-state index contributed by atoms with van der Waals surface area (Å²) in [6.45, 7) is 6.50. The van der Waals surface area contributed by atoms with Gasteiger partial charge in [0.1, 0.15) is 12.4 Å². The van der Waals surface area contributed by atoms with Gasteiger partial charge < -0.3 is 15.4 Å². The summed E-state index contributed by atoms with van der Waals surface area (Å²) in [4.78, 5) is 42.5. The molecule has 238 valence electrons. The van der Waals surface area contributed by atoms with Crippen molar-refractivity contribution in [2.45, 2.75) is 84.0 Å². The van der Waals surface area contributed by atoms with Crippen LogP contribution in [0.1, 0.15) is 79.4 Å². The number of ketones is 1. The van der Waals surface area contributed by atoms with E-state index in [4.69, 9.17) is 4.74 Å². The van der Waals surface area contributed by atoms with Crippen LogP contribution in [-0.2, 0) is 29.2 Å². The second kappa shape index (κ2) is 15.8. The topological polar surface area (TPSA) is 87.7 Å². The molecule has 45 heavy (non-hydrogen) atoms. The van der Waals surface area contributed by atoms with Gasteiger partial charge in [0.2, 0.25) is 5.91 Å². The third kappa shape index (κ3) is 9.27. The number of aryl methyl sites for hydroxylation is 1. The number of nitrogens with zero attached hydrogens (tertiary/aromatic N) is 1. The van der Waals surface area contributed by atoms with E-state index in [-0.39, 0.29) is 35.5 Å². The quantitative estimate of drug-likeness (QED) is 0.259. The molecule has 1 heterocycles. The van der Waals surface area contributed by atoms with E-state index in [2.05, 4.69) is 53.6 Å². The number of amides is 2. The number of hydrogen-bond donors (Lipinski definition) is 2. The van der Waals surface area contributed by atoms with Gasteiger partial charge in [-0.05, 0) is 85.5 Å². The van der Waals surface area contributed by atoms with Gasteiger partial charge in [0.25, 0.3) is 5.91 Å². The maximum Gasteiger partial charge on any atom is 0.251 e. The zero-order valence-electron chi connectivity index (χ0n) is 26.7. The lowest BCUT2D eigenvalue weighted by molar-refractivity contribution is -0.132. The molecule has 5 rings (SSSR count). The smallest absolute Gasteiger partial charge is 0.251 e. The van der Waals surface area contributed by atoms with Gasteiger partial charge in [0, 0.05) is 18.2 Å². The van der Waals surface area contributed by atoms with Crippen molar-refractivity contribution in [1.82, 2.24) is 15.5 Å². The summed E-state index contributed by atoms with van der Waals surface area (Å²) in [7, 11) is 0. The van der Waals surface area contributed by atoms with Gasteiger partial charge in [-0.15, -0.1) is 0 Å². The number of hydrogen-bond acceptors (Lipinski definition) is 5. The number of benzene rings is 3. The predicted molar refractivity (Wildman–Crippen MR) is 177 cm³/mol. The predicted octanol–water partition coefficient (Wildman–Crippen LogP) is 6.10. The third-order valence-corrected chi connectivity index (χ3v) is 8.99. The first-order valence-electron chi connectivity index (χ1n) is 16.6. The van der Waals surface area contributed by atoms with Crippen molar-refractivity contribution in [3.05, 3.63) is 101 Å². The SMILES string of the molecule is CC(C)CC(NC(=O)[C@H]1CCCC[C@H]1NC(=O)c1ccccc1)C(=O)CN1CCCc2cc(OCc3ccccc3)ccc2C1. The molecule has 1 aliphatic heterocycles. The first-order chi connectivity index (χ1) is 21.9. The van der Waals surface area contributed by atoms with E-state index in [1.165, 1.54) is 11.1 Å². The largest absolute Gasteiger partial charge is 0.489 e. The lowest BCUT2D eigenvalue weighted by Crippen LogP contribution is -2.53. The summed E-state index contributed by atoms with van der Waals surface area (Å²) in [6.07, 6.45) is 5.84. The van der Waals surface area contributed by atoms with Gasteiger partial charge in [0.15, 0.2) is 5.78 Å². The molecule has 2 aliphatic rings. The Hall–Kier alpha value is -3.97. The van der Waals surface area contributed by atoms with Crippen molar-refractivity contribution in [3.63, 3.8) is 0 Å². The second-order valence-corrected chi connectivity index (χ2v) is 13.0. The molecule has 1 aliphatic carbocycles. The summed E-state index contributed by atoms with van der Waals surface area (Å²) >= 11 is 0. The van der Waals surface area contributed by atoms with Gasteiger partial charge in [-0.2, -0.15) is 0 Å². The average Bonchev–Trinajstić information content (AvgIpc) is 3.25. The van der Waals surface area contributed by atoms with Crippen LogP contribution in [0.25, 0.3) is 0 Å². The van der Waals surface area contributed by atoms with Crippen LogP contribution in [0, 0.1) is 11.8 Å². The number of fused-ring (bicyclic) bond motifs is 1. The highest BCUT2D eigenvalue weighted by atomic mass is 16.5. The minimum atomic E-state index is -0.554.